The maximum absolute atomic E-state index is 13.0. The Hall–Kier alpha value is -2.33. The highest BCUT2D eigenvalue weighted by atomic mass is 32.2. The van der Waals surface area contributed by atoms with Crippen molar-refractivity contribution in [3.05, 3.63) is 53.6 Å². The van der Waals surface area contributed by atoms with Crippen LogP contribution in [0.25, 0.3) is 0 Å². The lowest BCUT2D eigenvalue weighted by Gasteiger charge is -2.28. The van der Waals surface area contributed by atoms with Crippen LogP contribution in [0.15, 0.2) is 42.5 Å². The Morgan fingerprint density at radius 2 is 1.77 bits per heavy atom. The van der Waals surface area contributed by atoms with Gasteiger partial charge in [0, 0.05) is 26.2 Å². The van der Waals surface area contributed by atoms with Gasteiger partial charge in [-0.15, -0.1) is 0 Å². The van der Waals surface area contributed by atoms with Crippen LogP contribution in [0.1, 0.15) is 11.1 Å². The van der Waals surface area contributed by atoms with E-state index in [1.165, 1.54) is 12.1 Å². The van der Waals surface area contributed by atoms with E-state index in [0.29, 0.717) is 19.6 Å². The Morgan fingerprint density at radius 1 is 1.03 bits per heavy atom. The monoisotopic (exact) mass is 434 g/mol. The number of hydrogen-bond donors (Lipinski definition) is 2. The van der Waals surface area contributed by atoms with Gasteiger partial charge in [0.25, 0.3) is 0 Å². The molecule has 2 heterocycles. The number of ether oxygens (including phenoxy) is 2. The third kappa shape index (κ3) is 4.39. The average molecular weight is 435 g/mol. The minimum Gasteiger partial charge on any atom is -0.504 e. The molecule has 0 bridgehead atoms. The second-order valence-electron chi connectivity index (χ2n) is 7.70. The molecule has 2 aromatic rings. The molecule has 2 aliphatic rings. The molecule has 2 N–H and O–H groups in total. The van der Waals surface area contributed by atoms with Crippen molar-refractivity contribution in [1.82, 2.24) is 9.21 Å². The van der Waals surface area contributed by atoms with Gasteiger partial charge in [-0.1, -0.05) is 18.2 Å². The van der Waals surface area contributed by atoms with E-state index in [1.807, 2.05) is 24.3 Å². The van der Waals surface area contributed by atoms with Gasteiger partial charge in [-0.25, -0.2) is 8.42 Å². The maximum atomic E-state index is 13.0. The Balaban J connectivity index is 1.53. The van der Waals surface area contributed by atoms with Crippen LogP contribution >= 0.6 is 0 Å². The van der Waals surface area contributed by atoms with Crippen molar-refractivity contribution in [2.24, 2.45) is 0 Å². The summed E-state index contributed by atoms with van der Waals surface area (Å²) in [6, 6.07) is 11.8. The third-order valence-electron chi connectivity index (χ3n) is 5.66. The molecule has 2 atom stereocenters. The van der Waals surface area contributed by atoms with E-state index in [9.17, 15) is 18.6 Å². The molecule has 2 fully saturated rings. The number of likely N-dealkylation sites (tertiary alicyclic amines) is 1. The average Bonchev–Trinajstić information content (AvgIpc) is 3.06. The molecule has 0 saturated carbocycles. The normalized spacial score (nSPS) is 24.3. The fourth-order valence-corrected chi connectivity index (χ4v) is 5.58. The number of hydrogen-bond acceptors (Lipinski definition) is 7. The van der Waals surface area contributed by atoms with Crippen molar-refractivity contribution >= 4 is 10.0 Å². The van der Waals surface area contributed by atoms with E-state index in [4.69, 9.17) is 9.47 Å². The summed E-state index contributed by atoms with van der Waals surface area (Å²) in [5, 5.41) is 19.2. The van der Waals surface area contributed by atoms with Gasteiger partial charge in [-0.2, -0.15) is 4.31 Å². The molecule has 4 rings (SSSR count). The van der Waals surface area contributed by atoms with Gasteiger partial charge in [0.2, 0.25) is 10.0 Å². The van der Waals surface area contributed by atoms with Gasteiger partial charge in [-0.3, -0.25) is 4.90 Å². The third-order valence-corrected chi connectivity index (χ3v) is 7.45. The molecule has 30 heavy (non-hydrogen) atoms. The largest absolute Gasteiger partial charge is 0.504 e. The van der Waals surface area contributed by atoms with Gasteiger partial charge in [-0.05, 0) is 35.4 Å². The molecular weight excluding hydrogens is 408 g/mol. The molecule has 0 radical (unpaired) electrons. The number of phenolic OH excluding ortho intramolecular Hbond substituents is 2. The van der Waals surface area contributed by atoms with Gasteiger partial charge in [0.15, 0.2) is 11.5 Å². The first-order chi connectivity index (χ1) is 14.4. The summed E-state index contributed by atoms with van der Waals surface area (Å²) in [7, 11) is -1.86. The van der Waals surface area contributed by atoms with Crippen molar-refractivity contribution in [1.29, 1.82) is 0 Å². The van der Waals surface area contributed by atoms with Gasteiger partial charge >= 0.3 is 0 Å². The van der Waals surface area contributed by atoms with Crippen LogP contribution in [-0.4, -0.2) is 72.5 Å². The zero-order chi connectivity index (χ0) is 21.3. The first-order valence-corrected chi connectivity index (χ1v) is 11.4. The number of nitrogens with zero attached hydrogens (tertiary/aromatic N) is 2. The Labute approximate surface area is 176 Å². The molecule has 2 saturated heterocycles. The quantitative estimate of drug-likeness (QED) is 0.689. The van der Waals surface area contributed by atoms with Crippen LogP contribution in [0.5, 0.6) is 17.2 Å². The molecule has 0 aromatic heterocycles. The number of phenols is 2. The van der Waals surface area contributed by atoms with Crippen LogP contribution in [0.2, 0.25) is 0 Å². The van der Waals surface area contributed by atoms with Crippen molar-refractivity contribution in [3.63, 3.8) is 0 Å². The van der Waals surface area contributed by atoms with E-state index in [-0.39, 0.29) is 42.5 Å². The van der Waals surface area contributed by atoms with E-state index in [2.05, 4.69) is 4.90 Å². The van der Waals surface area contributed by atoms with E-state index < -0.39 is 10.0 Å². The summed E-state index contributed by atoms with van der Waals surface area (Å²) in [6.07, 6.45) is -0.216. The second-order valence-corrected chi connectivity index (χ2v) is 9.74. The van der Waals surface area contributed by atoms with Gasteiger partial charge in [0.05, 0.1) is 31.6 Å². The topological polar surface area (TPSA) is 99.5 Å². The molecule has 8 nitrogen and oxygen atoms in total. The van der Waals surface area contributed by atoms with E-state index in [1.54, 1.807) is 17.5 Å². The summed E-state index contributed by atoms with van der Waals surface area (Å²) in [5.74, 6) is 0.372. The standard InChI is InChI=1S/C21H26N2O6S/c1-28-17-5-2-15(3-6-17)12-23-18-13-22(11-16-4-7-19(24)20(25)10-16)14-21(18)29-8-9-30(23,26)27/h2-7,10,18,21,24-25H,8-9,11-14H2,1H3/t18-,21+/m1/s1. The summed E-state index contributed by atoms with van der Waals surface area (Å²) >= 11 is 0. The fourth-order valence-electron chi connectivity index (χ4n) is 4.08. The zero-order valence-electron chi connectivity index (χ0n) is 16.8. The van der Waals surface area contributed by atoms with Crippen molar-refractivity contribution in [2.75, 3.05) is 32.6 Å². The SMILES string of the molecule is COc1ccc(CN2[C@@H]3CN(Cc4ccc(O)c(O)c4)C[C@@H]3OCCS2(=O)=O)cc1. The molecule has 0 aliphatic carbocycles. The first kappa shape index (κ1) is 20.9. The molecule has 9 heteroatoms. The van der Waals surface area contributed by atoms with Crippen LogP contribution in [0.3, 0.4) is 0 Å². The molecule has 0 unspecified atom stereocenters. The minimum absolute atomic E-state index is 0.0258. The Morgan fingerprint density at radius 3 is 2.47 bits per heavy atom. The fraction of sp³-hybridized carbons (Fsp3) is 0.429. The van der Waals surface area contributed by atoms with Crippen LogP contribution < -0.4 is 4.74 Å². The molecule has 2 aliphatic heterocycles. The molecule has 0 spiro atoms. The van der Waals surface area contributed by atoms with Gasteiger partial charge in [0.1, 0.15) is 5.75 Å². The van der Waals surface area contributed by atoms with Crippen LogP contribution in [0, 0.1) is 0 Å². The lowest BCUT2D eigenvalue weighted by atomic mass is 10.1. The van der Waals surface area contributed by atoms with Crippen LogP contribution in [-0.2, 0) is 27.8 Å². The summed E-state index contributed by atoms with van der Waals surface area (Å²) in [6.45, 7) is 2.12. The number of sulfonamides is 1. The van der Waals surface area contributed by atoms with Crippen molar-refractivity contribution in [2.45, 2.75) is 25.2 Å². The highest BCUT2D eigenvalue weighted by Gasteiger charge is 2.44. The molecular formula is C21H26N2O6S. The lowest BCUT2D eigenvalue weighted by Crippen LogP contribution is -2.45. The number of fused-ring (bicyclic) bond motifs is 1. The summed E-state index contributed by atoms with van der Waals surface area (Å²) in [5.41, 5.74) is 1.73. The van der Waals surface area contributed by atoms with Crippen LogP contribution in [0.4, 0.5) is 0 Å². The highest BCUT2D eigenvalue weighted by molar-refractivity contribution is 7.89. The van der Waals surface area contributed by atoms with E-state index in [0.717, 1.165) is 16.9 Å². The van der Waals surface area contributed by atoms with E-state index >= 15 is 0 Å². The minimum atomic E-state index is -3.46. The predicted molar refractivity (Wildman–Crippen MR) is 111 cm³/mol. The zero-order valence-corrected chi connectivity index (χ0v) is 17.6. The van der Waals surface area contributed by atoms with Crippen molar-refractivity contribution in [3.8, 4) is 17.2 Å². The summed E-state index contributed by atoms with van der Waals surface area (Å²) in [4.78, 5) is 2.11. The molecule has 162 valence electrons. The Kier molecular flexibility index (Phi) is 5.88. The Bertz CT molecular complexity index is 995. The number of aromatic hydroxyl groups is 2. The van der Waals surface area contributed by atoms with Gasteiger partial charge < -0.3 is 19.7 Å². The first-order valence-electron chi connectivity index (χ1n) is 9.83. The summed E-state index contributed by atoms with van der Waals surface area (Å²) < 4.78 is 38.6. The highest BCUT2D eigenvalue weighted by Crippen LogP contribution is 2.30. The predicted octanol–water partition coefficient (Wildman–Crippen LogP) is 1.52. The second kappa shape index (κ2) is 8.43. The number of methoxy groups -OCH3 is 1. The molecule has 2 aromatic carbocycles. The maximum Gasteiger partial charge on any atom is 0.217 e. The smallest absolute Gasteiger partial charge is 0.217 e. The van der Waals surface area contributed by atoms with Crippen molar-refractivity contribution < 1.29 is 28.1 Å². The number of benzene rings is 2. The lowest BCUT2D eigenvalue weighted by molar-refractivity contribution is 0.0458. The number of rotatable bonds is 5. The molecule has 0 amide bonds.